The van der Waals surface area contributed by atoms with Gasteiger partial charge < -0.3 is 20.9 Å². The quantitative estimate of drug-likeness (QED) is 0.734. The summed E-state index contributed by atoms with van der Waals surface area (Å²) in [5.41, 5.74) is 6.08. The molecule has 1 saturated heterocycles. The summed E-state index contributed by atoms with van der Waals surface area (Å²) >= 11 is 0. The molecule has 4 amide bonds. The first-order valence-corrected chi connectivity index (χ1v) is 10.00. The third-order valence-electron chi connectivity index (χ3n) is 6.50. The Hall–Kier alpha value is -2.61. The lowest BCUT2D eigenvalue weighted by molar-refractivity contribution is -0.134. The standard InChI is InChI=1S/C21H31N5O3/c1-24(2)21(16-7-5-4-6-8-16)11-9-20(10-12-21)15-26(19(29)23-20)14-18(28)25(3)13-17(22)27/h4-8H,9-15H2,1-3H3,(H2,22,27)(H,23,29). The number of primary amides is 1. The normalized spacial score (nSPS) is 26.6. The Labute approximate surface area is 172 Å². The van der Waals surface area contributed by atoms with Crippen LogP contribution in [0, 0.1) is 0 Å². The van der Waals surface area contributed by atoms with Gasteiger partial charge in [-0.2, -0.15) is 0 Å². The van der Waals surface area contributed by atoms with Gasteiger partial charge in [-0.05, 0) is 45.3 Å². The number of benzene rings is 1. The zero-order valence-corrected chi connectivity index (χ0v) is 17.5. The summed E-state index contributed by atoms with van der Waals surface area (Å²) < 4.78 is 0. The Balaban J connectivity index is 1.67. The van der Waals surface area contributed by atoms with Crippen molar-refractivity contribution in [2.24, 2.45) is 5.73 Å². The van der Waals surface area contributed by atoms with Crippen molar-refractivity contribution >= 4 is 17.8 Å². The van der Waals surface area contributed by atoms with Crippen LogP contribution in [0.1, 0.15) is 31.2 Å². The summed E-state index contributed by atoms with van der Waals surface area (Å²) in [6.45, 7) is 0.303. The van der Waals surface area contributed by atoms with Gasteiger partial charge in [0, 0.05) is 19.1 Å². The van der Waals surface area contributed by atoms with Crippen LogP contribution in [0.15, 0.2) is 30.3 Å². The Morgan fingerprint density at radius 1 is 1.10 bits per heavy atom. The molecule has 2 aliphatic rings. The Morgan fingerprint density at radius 2 is 1.72 bits per heavy atom. The van der Waals surface area contributed by atoms with Gasteiger partial charge in [0.2, 0.25) is 11.8 Å². The van der Waals surface area contributed by atoms with E-state index in [4.69, 9.17) is 5.73 Å². The predicted molar refractivity (Wildman–Crippen MR) is 110 cm³/mol. The smallest absolute Gasteiger partial charge is 0.318 e. The molecule has 3 rings (SSSR count). The minimum atomic E-state index is -0.573. The van der Waals surface area contributed by atoms with Crippen molar-refractivity contribution in [1.82, 2.24) is 20.0 Å². The molecule has 1 aliphatic heterocycles. The second-order valence-corrected chi connectivity index (χ2v) is 8.57. The van der Waals surface area contributed by atoms with Crippen LogP contribution in [0.4, 0.5) is 4.79 Å². The maximum Gasteiger partial charge on any atom is 0.318 e. The predicted octanol–water partition coefficient (Wildman–Crippen LogP) is 0.725. The number of likely N-dealkylation sites (N-methyl/N-ethyl adjacent to an activating group) is 1. The van der Waals surface area contributed by atoms with Crippen molar-refractivity contribution in [1.29, 1.82) is 0 Å². The summed E-state index contributed by atoms with van der Waals surface area (Å²) in [7, 11) is 5.73. The van der Waals surface area contributed by atoms with Gasteiger partial charge >= 0.3 is 6.03 Å². The van der Waals surface area contributed by atoms with E-state index in [0.717, 1.165) is 25.7 Å². The van der Waals surface area contributed by atoms with E-state index in [-0.39, 0.29) is 36.1 Å². The fourth-order valence-corrected chi connectivity index (χ4v) is 4.68. The molecule has 0 atom stereocenters. The number of nitrogens with one attached hydrogen (secondary N) is 1. The molecule has 0 unspecified atom stereocenters. The molecule has 8 nitrogen and oxygen atoms in total. The highest BCUT2D eigenvalue weighted by atomic mass is 16.2. The van der Waals surface area contributed by atoms with Crippen LogP contribution in [-0.2, 0) is 15.1 Å². The van der Waals surface area contributed by atoms with Crippen LogP contribution >= 0.6 is 0 Å². The zero-order valence-electron chi connectivity index (χ0n) is 17.5. The fraction of sp³-hybridized carbons (Fsp3) is 0.571. The zero-order chi connectivity index (χ0) is 21.2. The lowest BCUT2D eigenvalue weighted by Crippen LogP contribution is -2.54. The van der Waals surface area contributed by atoms with Gasteiger partial charge in [-0.15, -0.1) is 0 Å². The van der Waals surface area contributed by atoms with Gasteiger partial charge in [0.15, 0.2) is 0 Å². The molecule has 2 fully saturated rings. The van der Waals surface area contributed by atoms with Crippen molar-refractivity contribution in [3.8, 4) is 0 Å². The molecule has 1 heterocycles. The van der Waals surface area contributed by atoms with Crippen LogP contribution in [-0.4, -0.2) is 78.9 Å². The van der Waals surface area contributed by atoms with Crippen molar-refractivity contribution in [3.63, 3.8) is 0 Å². The molecular weight excluding hydrogens is 370 g/mol. The number of nitrogens with two attached hydrogens (primary N) is 1. The highest BCUT2D eigenvalue weighted by Crippen LogP contribution is 2.45. The van der Waals surface area contributed by atoms with E-state index >= 15 is 0 Å². The summed E-state index contributed by atoms with van der Waals surface area (Å²) in [5, 5.41) is 3.14. The number of urea groups is 1. The number of hydrogen-bond donors (Lipinski definition) is 2. The van der Waals surface area contributed by atoms with Gasteiger partial charge in [-0.25, -0.2) is 4.79 Å². The third-order valence-corrected chi connectivity index (χ3v) is 6.50. The summed E-state index contributed by atoms with van der Waals surface area (Å²) in [6, 6.07) is 10.3. The number of nitrogens with zero attached hydrogens (tertiary/aromatic N) is 3. The maximum absolute atomic E-state index is 12.5. The fourth-order valence-electron chi connectivity index (χ4n) is 4.68. The third kappa shape index (κ3) is 4.22. The Kier molecular flexibility index (Phi) is 5.84. The van der Waals surface area contributed by atoms with Crippen molar-refractivity contribution in [2.75, 3.05) is 40.8 Å². The molecule has 1 aromatic rings. The van der Waals surface area contributed by atoms with E-state index in [2.05, 4.69) is 48.6 Å². The van der Waals surface area contributed by atoms with Crippen LogP contribution < -0.4 is 11.1 Å². The van der Waals surface area contributed by atoms with E-state index in [1.165, 1.54) is 17.5 Å². The average molecular weight is 402 g/mol. The van der Waals surface area contributed by atoms with E-state index in [9.17, 15) is 14.4 Å². The monoisotopic (exact) mass is 401 g/mol. The van der Waals surface area contributed by atoms with Crippen LogP contribution in [0.5, 0.6) is 0 Å². The molecule has 1 aromatic carbocycles. The minimum absolute atomic E-state index is 0.0468. The number of hydrogen-bond acceptors (Lipinski definition) is 4. The lowest BCUT2D eigenvalue weighted by Gasteiger charge is -2.48. The van der Waals surface area contributed by atoms with Crippen molar-refractivity contribution in [3.05, 3.63) is 35.9 Å². The van der Waals surface area contributed by atoms with Gasteiger partial charge in [0.05, 0.1) is 12.1 Å². The lowest BCUT2D eigenvalue weighted by atomic mass is 9.69. The number of carbonyl (C=O) groups excluding carboxylic acids is 3. The number of rotatable bonds is 6. The Bertz CT molecular complexity index is 772. The molecule has 8 heteroatoms. The van der Waals surface area contributed by atoms with Gasteiger partial charge in [-0.1, -0.05) is 30.3 Å². The van der Waals surface area contributed by atoms with Crippen molar-refractivity contribution < 1.29 is 14.4 Å². The van der Waals surface area contributed by atoms with Gasteiger partial charge in [-0.3, -0.25) is 14.5 Å². The highest BCUT2D eigenvalue weighted by molar-refractivity contribution is 5.88. The molecule has 29 heavy (non-hydrogen) atoms. The SMILES string of the molecule is CN(CC(N)=O)C(=O)CN1CC2(CCC(c3ccccc3)(N(C)C)CC2)NC1=O. The average Bonchev–Trinajstić information content (AvgIpc) is 2.97. The van der Waals surface area contributed by atoms with E-state index in [1.54, 1.807) is 4.90 Å². The minimum Gasteiger partial charge on any atom is -0.368 e. The molecule has 1 spiro atoms. The molecule has 158 valence electrons. The van der Waals surface area contributed by atoms with E-state index in [1.807, 2.05) is 6.07 Å². The van der Waals surface area contributed by atoms with Crippen molar-refractivity contribution in [2.45, 2.75) is 36.8 Å². The molecule has 1 aliphatic carbocycles. The molecule has 0 bridgehead atoms. The topological polar surface area (TPSA) is 99.0 Å². The van der Waals surface area contributed by atoms with Gasteiger partial charge in [0.25, 0.3) is 0 Å². The molecule has 3 N–H and O–H groups in total. The molecule has 0 radical (unpaired) electrons. The molecular formula is C21H31N5O3. The number of carbonyl (C=O) groups is 3. The van der Waals surface area contributed by atoms with Gasteiger partial charge in [0.1, 0.15) is 6.54 Å². The highest BCUT2D eigenvalue weighted by Gasteiger charge is 2.50. The summed E-state index contributed by atoms with van der Waals surface area (Å²) in [4.78, 5) is 41.0. The van der Waals surface area contributed by atoms with Crippen LogP contribution in [0.2, 0.25) is 0 Å². The maximum atomic E-state index is 12.5. The first-order valence-electron chi connectivity index (χ1n) is 10.00. The molecule has 1 saturated carbocycles. The van der Waals surface area contributed by atoms with Crippen LogP contribution in [0.3, 0.4) is 0 Å². The second-order valence-electron chi connectivity index (χ2n) is 8.57. The first-order chi connectivity index (χ1) is 13.7. The van der Waals surface area contributed by atoms with E-state index < -0.39 is 5.91 Å². The Morgan fingerprint density at radius 3 is 2.28 bits per heavy atom. The second kappa shape index (κ2) is 8.02. The largest absolute Gasteiger partial charge is 0.368 e. The summed E-state index contributed by atoms with van der Waals surface area (Å²) in [5.74, 6) is -0.866. The first kappa shape index (κ1) is 21.1. The number of amides is 4. The van der Waals surface area contributed by atoms with E-state index in [0.29, 0.717) is 6.54 Å². The summed E-state index contributed by atoms with van der Waals surface area (Å²) in [6.07, 6.45) is 3.53. The molecule has 0 aromatic heterocycles. The van der Waals surface area contributed by atoms with Crippen LogP contribution in [0.25, 0.3) is 0 Å².